The quantitative estimate of drug-likeness (QED) is 0.0262. The minimum Gasteiger partial charge on any atom is -0.462 e. The molecule has 0 aromatic carbocycles. The average molecular weight is 889 g/mol. The van der Waals surface area contributed by atoms with E-state index in [-0.39, 0.29) is 37.5 Å². The van der Waals surface area contributed by atoms with Gasteiger partial charge >= 0.3 is 17.9 Å². The molecule has 1 atom stereocenters. The molecule has 364 valence electrons. The number of esters is 3. The Kier molecular flexibility index (Phi) is 49.0. The van der Waals surface area contributed by atoms with Crippen molar-refractivity contribution in [2.75, 3.05) is 13.2 Å². The molecule has 0 amide bonds. The highest BCUT2D eigenvalue weighted by Crippen LogP contribution is 2.14. The van der Waals surface area contributed by atoms with Gasteiger partial charge in [0.05, 0.1) is 0 Å². The van der Waals surface area contributed by atoms with Crippen LogP contribution in [0.15, 0.2) is 97.2 Å². The molecule has 0 aliphatic rings. The summed E-state index contributed by atoms with van der Waals surface area (Å²) in [5, 5.41) is 0. The number of allylic oxidation sites excluding steroid dienone is 16. The highest BCUT2D eigenvalue weighted by Gasteiger charge is 2.19. The third-order valence-electron chi connectivity index (χ3n) is 10.8. The van der Waals surface area contributed by atoms with Gasteiger partial charge in [-0.15, -0.1) is 0 Å². The first-order valence-corrected chi connectivity index (χ1v) is 26.2. The van der Waals surface area contributed by atoms with E-state index in [0.717, 1.165) is 103 Å². The van der Waals surface area contributed by atoms with Gasteiger partial charge in [0.1, 0.15) is 13.2 Å². The lowest BCUT2D eigenvalue weighted by Gasteiger charge is -2.18. The Morgan fingerprint density at radius 3 is 1.02 bits per heavy atom. The van der Waals surface area contributed by atoms with Gasteiger partial charge in [-0.2, -0.15) is 0 Å². The Morgan fingerprint density at radius 2 is 0.625 bits per heavy atom. The molecule has 1 unspecified atom stereocenters. The summed E-state index contributed by atoms with van der Waals surface area (Å²) in [6, 6.07) is 0. The van der Waals surface area contributed by atoms with Crippen LogP contribution in [-0.4, -0.2) is 37.2 Å². The van der Waals surface area contributed by atoms with Crippen molar-refractivity contribution in [2.45, 2.75) is 239 Å². The fraction of sp³-hybridized carbons (Fsp3) is 0.672. The van der Waals surface area contributed by atoms with E-state index >= 15 is 0 Å². The predicted molar refractivity (Wildman–Crippen MR) is 274 cm³/mol. The zero-order valence-corrected chi connectivity index (χ0v) is 41.5. The molecule has 64 heavy (non-hydrogen) atoms. The third-order valence-corrected chi connectivity index (χ3v) is 10.8. The number of unbranched alkanes of at least 4 members (excludes halogenated alkanes) is 19. The van der Waals surface area contributed by atoms with Crippen LogP contribution in [0, 0.1) is 0 Å². The van der Waals surface area contributed by atoms with Crippen LogP contribution in [0.1, 0.15) is 233 Å². The molecule has 0 rings (SSSR count). The van der Waals surface area contributed by atoms with E-state index in [9.17, 15) is 14.4 Å². The maximum atomic E-state index is 12.8. The first-order chi connectivity index (χ1) is 31.5. The highest BCUT2D eigenvalue weighted by molar-refractivity contribution is 5.71. The van der Waals surface area contributed by atoms with Crippen LogP contribution in [0.4, 0.5) is 0 Å². The number of hydrogen-bond donors (Lipinski definition) is 0. The first kappa shape index (κ1) is 60.3. The summed E-state index contributed by atoms with van der Waals surface area (Å²) in [5.74, 6) is -0.971. The minimum absolute atomic E-state index is 0.0985. The Morgan fingerprint density at radius 1 is 0.328 bits per heavy atom. The molecule has 0 heterocycles. The summed E-state index contributed by atoms with van der Waals surface area (Å²) in [7, 11) is 0. The number of hydrogen-bond acceptors (Lipinski definition) is 6. The summed E-state index contributed by atoms with van der Waals surface area (Å²) in [5.41, 5.74) is 0. The van der Waals surface area contributed by atoms with Gasteiger partial charge in [0.25, 0.3) is 0 Å². The van der Waals surface area contributed by atoms with E-state index in [2.05, 4.69) is 118 Å². The Balaban J connectivity index is 4.49. The van der Waals surface area contributed by atoms with Crippen molar-refractivity contribution in [1.82, 2.24) is 0 Å². The minimum atomic E-state index is -0.804. The Hall–Kier alpha value is -3.67. The molecule has 0 saturated heterocycles. The standard InChI is InChI=1S/C58H96O6/c1-4-7-10-13-16-19-22-25-27-29-31-33-36-39-42-45-48-51-57(60)63-54-55(53-62-56(59)50-47-44-41-38-35-24-21-18-15-12-9-6-3)64-58(61)52-49-46-43-40-37-34-32-30-28-26-23-20-17-14-11-8-5-2/h7-8,10-11,16-17,19-20,25-28,31,33,39,42,55H,4-6,9,12-15,18,21-24,29-30,32,34-38,40-41,43-54H2,1-3H3/b10-7-,11-8-,19-16-,20-17-,27-25-,28-26-,33-31-,42-39-. The fourth-order valence-electron chi connectivity index (χ4n) is 6.96. The van der Waals surface area contributed by atoms with Crippen LogP contribution in [-0.2, 0) is 28.6 Å². The molecule has 0 N–H and O–H groups in total. The molecular weight excluding hydrogens is 793 g/mol. The maximum Gasteiger partial charge on any atom is 0.306 e. The van der Waals surface area contributed by atoms with Crippen LogP contribution >= 0.6 is 0 Å². The van der Waals surface area contributed by atoms with Crippen molar-refractivity contribution in [1.29, 1.82) is 0 Å². The maximum absolute atomic E-state index is 12.8. The van der Waals surface area contributed by atoms with Gasteiger partial charge in [0.15, 0.2) is 6.10 Å². The molecule has 0 spiro atoms. The average Bonchev–Trinajstić information content (AvgIpc) is 3.29. The lowest BCUT2D eigenvalue weighted by Crippen LogP contribution is -2.30. The molecule has 6 nitrogen and oxygen atoms in total. The van der Waals surface area contributed by atoms with Crippen molar-refractivity contribution < 1.29 is 28.6 Å². The summed E-state index contributed by atoms with van der Waals surface area (Å²) >= 11 is 0. The molecule has 0 aromatic heterocycles. The lowest BCUT2D eigenvalue weighted by atomic mass is 10.0. The number of ether oxygens (including phenoxy) is 3. The SMILES string of the molecule is CC/C=C\C/C=C\C/C=C\C/C=C\C/C=C\CCCC(=O)OCC(COC(=O)CCCCCCCCCCCCCC)OC(=O)CCCCCCCCC/C=C\C/C=C\C/C=C\CC. The second kappa shape index (κ2) is 52.0. The molecule has 0 radical (unpaired) electrons. The van der Waals surface area contributed by atoms with Crippen LogP contribution in [0.2, 0.25) is 0 Å². The van der Waals surface area contributed by atoms with Crippen LogP contribution in [0.25, 0.3) is 0 Å². The van der Waals surface area contributed by atoms with Crippen LogP contribution < -0.4 is 0 Å². The van der Waals surface area contributed by atoms with Gasteiger partial charge in [-0.05, 0) is 89.9 Å². The van der Waals surface area contributed by atoms with Gasteiger partial charge in [0.2, 0.25) is 0 Å². The fourth-order valence-corrected chi connectivity index (χ4v) is 6.96. The highest BCUT2D eigenvalue weighted by atomic mass is 16.6. The largest absolute Gasteiger partial charge is 0.462 e. The molecule has 0 aromatic rings. The molecule has 0 saturated carbocycles. The van der Waals surface area contributed by atoms with E-state index < -0.39 is 6.10 Å². The van der Waals surface area contributed by atoms with Crippen molar-refractivity contribution in [2.24, 2.45) is 0 Å². The molecular formula is C58H96O6. The van der Waals surface area contributed by atoms with Gasteiger partial charge < -0.3 is 14.2 Å². The van der Waals surface area contributed by atoms with Crippen molar-refractivity contribution in [3.8, 4) is 0 Å². The molecule has 0 bridgehead atoms. The second-order valence-electron chi connectivity index (χ2n) is 17.0. The predicted octanol–water partition coefficient (Wildman–Crippen LogP) is 17.4. The normalized spacial score (nSPS) is 12.9. The van der Waals surface area contributed by atoms with Crippen molar-refractivity contribution in [3.63, 3.8) is 0 Å². The number of rotatable bonds is 46. The Labute approximate surface area is 394 Å². The van der Waals surface area contributed by atoms with Gasteiger partial charge in [-0.3, -0.25) is 14.4 Å². The van der Waals surface area contributed by atoms with Gasteiger partial charge in [-0.25, -0.2) is 0 Å². The summed E-state index contributed by atoms with van der Waals surface area (Å²) in [4.78, 5) is 38.0. The van der Waals surface area contributed by atoms with Crippen molar-refractivity contribution >= 4 is 17.9 Å². The monoisotopic (exact) mass is 889 g/mol. The summed E-state index contributed by atoms with van der Waals surface area (Å²) in [6.07, 6.45) is 68.2. The summed E-state index contributed by atoms with van der Waals surface area (Å²) in [6.45, 7) is 6.35. The molecule has 0 aliphatic heterocycles. The van der Waals surface area contributed by atoms with E-state index in [4.69, 9.17) is 14.2 Å². The van der Waals surface area contributed by atoms with E-state index in [0.29, 0.717) is 19.3 Å². The van der Waals surface area contributed by atoms with E-state index in [1.807, 2.05) is 0 Å². The van der Waals surface area contributed by atoms with Crippen LogP contribution in [0.5, 0.6) is 0 Å². The zero-order valence-electron chi connectivity index (χ0n) is 41.5. The number of carbonyl (C=O) groups is 3. The van der Waals surface area contributed by atoms with Crippen molar-refractivity contribution in [3.05, 3.63) is 97.2 Å². The van der Waals surface area contributed by atoms with E-state index in [1.54, 1.807) is 0 Å². The van der Waals surface area contributed by atoms with Gasteiger partial charge in [-0.1, -0.05) is 221 Å². The van der Waals surface area contributed by atoms with E-state index in [1.165, 1.54) is 83.5 Å². The molecule has 0 aliphatic carbocycles. The zero-order chi connectivity index (χ0) is 46.5. The smallest absolute Gasteiger partial charge is 0.306 e. The second-order valence-corrected chi connectivity index (χ2v) is 17.0. The Bertz CT molecular complexity index is 1300. The summed E-state index contributed by atoms with van der Waals surface area (Å²) < 4.78 is 16.8. The van der Waals surface area contributed by atoms with Crippen LogP contribution in [0.3, 0.4) is 0 Å². The lowest BCUT2D eigenvalue weighted by molar-refractivity contribution is -0.167. The topological polar surface area (TPSA) is 78.9 Å². The third kappa shape index (κ3) is 49.3. The molecule has 0 fully saturated rings. The van der Waals surface area contributed by atoms with Gasteiger partial charge in [0, 0.05) is 19.3 Å². The first-order valence-electron chi connectivity index (χ1n) is 26.2. The number of carbonyl (C=O) groups excluding carboxylic acids is 3. The molecule has 6 heteroatoms.